The number of hydrogen-bond acceptors (Lipinski definition) is 4. The van der Waals surface area contributed by atoms with E-state index in [9.17, 15) is 18.8 Å². The van der Waals surface area contributed by atoms with Crippen molar-refractivity contribution >= 4 is 23.4 Å². The van der Waals surface area contributed by atoms with Crippen LogP contribution < -0.4 is 4.90 Å². The van der Waals surface area contributed by atoms with Gasteiger partial charge in [-0.1, -0.05) is 18.2 Å². The molecular formula is C22H17FN2O4. The molecule has 0 aliphatic carbocycles. The molecule has 2 aromatic carbocycles. The van der Waals surface area contributed by atoms with Gasteiger partial charge in [0.2, 0.25) is 5.91 Å². The fourth-order valence-corrected chi connectivity index (χ4v) is 3.36. The zero-order chi connectivity index (χ0) is 20.4. The molecule has 3 aromatic rings. The molecule has 0 radical (unpaired) electrons. The Morgan fingerprint density at radius 2 is 1.76 bits per heavy atom. The topological polar surface area (TPSA) is 70.8 Å². The molecule has 29 heavy (non-hydrogen) atoms. The number of carbonyl (C=O) groups excluding carboxylic acids is 3. The molecule has 6 nitrogen and oxygen atoms in total. The summed E-state index contributed by atoms with van der Waals surface area (Å²) in [6, 6.07) is 16.0. The summed E-state index contributed by atoms with van der Waals surface area (Å²) in [5.41, 5.74) is 0.675. The van der Waals surface area contributed by atoms with Gasteiger partial charge in [-0.3, -0.25) is 14.4 Å². The van der Waals surface area contributed by atoms with Gasteiger partial charge in [-0.05, 0) is 48.5 Å². The van der Waals surface area contributed by atoms with Crippen LogP contribution in [-0.4, -0.2) is 28.7 Å². The molecule has 0 spiro atoms. The van der Waals surface area contributed by atoms with E-state index in [1.807, 2.05) is 0 Å². The van der Waals surface area contributed by atoms with E-state index in [1.165, 1.54) is 35.4 Å². The van der Waals surface area contributed by atoms with E-state index in [1.54, 1.807) is 42.5 Å². The lowest BCUT2D eigenvalue weighted by atomic mass is 10.1. The average Bonchev–Trinajstić information content (AvgIpc) is 3.34. The van der Waals surface area contributed by atoms with Crippen LogP contribution in [0, 0.1) is 5.82 Å². The maximum atomic E-state index is 13.3. The van der Waals surface area contributed by atoms with Gasteiger partial charge < -0.3 is 9.32 Å². The first-order valence-electron chi connectivity index (χ1n) is 9.05. The van der Waals surface area contributed by atoms with Crippen LogP contribution in [0.3, 0.4) is 0 Å². The normalized spacial score (nSPS) is 16.3. The molecule has 2 heterocycles. The Labute approximate surface area is 166 Å². The maximum absolute atomic E-state index is 13.3. The van der Waals surface area contributed by atoms with E-state index < -0.39 is 23.7 Å². The van der Waals surface area contributed by atoms with Crippen LogP contribution >= 0.6 is 0 Å². The van der Waals surface area contributed by atoms with Crippen LogP contribution in [-0.2, 0) is 16.1 Å². The van der Waals surface area contributed by atoms with Gasteiger partial charge in [0.05, 0.1) is 24.9 Å². The summed E-state index contributed by atoms with van der Waals surface area (Å²) in [7, 11) is 0. The first kappa shape index (κ1) is 18.6. The lowest BCUT2D eigenvalue weighted by Gasteiger charge is -2.27. The van der Waals surface area contributed by atoms with Crippen molar-refractivity contribution in [1.82, 2.24) is 4.90 Å². The molecule has 1 unspecified atom stereocenters. The molecule has 1 fully saturated rings. The standard InChI is InChI=1S/C22H17FN2O4/c23-16-10-8-15(9-11-16)21(27)24(14-18-7-4-12-29-18)19-13-20(26)25(22(19)28)17-5-2-1-3-6-17/h1-12,19H,13-14H2. The number of para-hydroxylation sites is 1. The quantitative estimate of drug-likeness (QED) is 0.624. The number of benzene rings is 2. The van der Waals surface area contributed by atoms with Gasteiger partial charge in [0.25, 0.3) is 11.8 Å². The number of nitrogens with zero attached hydrogens (tertiary/aromatic N) is 2. The van der Waals surface area contributed by atoms with E-state index in [-0.39, 0.29) is 24.4 Å². The molecule has 1 atom stereocenters. The van der Waals surface area contributed by atoms with Crippen LogP contribution in [0.5, 0.6) is 0 Å². The zero-order valence-corrected chi connectivity index (χ0v) is 15.3. The highest BCUT2D eigenvalue weighted by Crippen LogP contribution is 2.27. The molecule has 1 aromatic heterocycles. The van der Waals surface area contributed by atoms with E-state index >= 15 is 0 Å². The van der Waals surface area contributed by atoms with E-state index in [4.69, 9.17) is 4.42 Å². The van der Waals surface area contributed by atoms with Gasteiger partial charge >= 0.3 is 0 Å². The third kappa shape index (κ3) is 3.67. The molecule has 1 saturated heterocycles. The minimum absolute atomic E-state index is 0.00945. The summed E-state index contributed by atoms with van der Waals surface area (Å²) in [5.74, 6) is -1.35. The number of amides is 3. The van der Waals surface area contributed by atoms with Crippen molar-refractivity contribution < 1.29 is 23.2 Å². The summed E-state index contributed by atoms with van der Waals surface area (Å²) in [5, 5.41) is 0. The predicted molar refractivity (Wildman–Crippen MR) is 102 cm³/mol. The number of imide groups is 1. The summed E-state index contributed by atoms with van der Waals surface area (Å²) in [6.07, 6.45) is 1.33. The molecular weight excluding hydrogens is 375 g/mol. The zero-order valence-electron chi connectivity index (χ0n) is 15.3. The van der Waals surface area contributed by atoms with E-state index in [2.05, 4.69) is 0 Å². The monoisotopic (exact) mass is 392 g/mol. The molecule has 3 amide bonds. The Bertz CT molecular complexity index is 1030. The number of carbonyl (C=O) groups is 3. The van der Waals surface area contributed by atoms with Crippen molar-refractivity contribution in [2.75, 3.05) is 4.90 Å². The van der Waals surface area contributed by atoms with Crippen molar-refractivity contribution in [3.8, 4) is 0 Å². The third-order valence-corrected chi connectivity index (χ3v) is 4.77. The molecule has 0 bridgehead atoms. The number of anilines is 1. The molecule has 7 heteroatoms. The molecule has 4 rings (SSSR count). The van der Waals surface area contributed by atoms with Crippen LogP contribution in [0.4, 0.5) is 10.1 Å². The molecule has 0 N–H and O–H groups in total. The first-order chi connectivity index (χ1) is 14.0. The van der Waals surface area contributed by atoms with Crippen LogP contribution in [0.2, 0.25) is 0 Å². The highest BCUT2D eigenvalue weighted by molar-refractivity contribution is 6.23. The minimum Gasteiger partial charge on any atom is -0.467 e. The Kier molecular flexibility index (Phi) is 4.95. The highest BCUT2D eigenvalue weighted by atomic mass is 19.1. The summed E-state index contributed by atoms with van der Waals surface area (Å²) < 4.78 is 18.6. The summed E-state index contributed by atoms with van der Waals surface area (Å²) >= 11 is 0. The third-order valence-electron chi connectivity index (χ3n) is 4.77. The highest BCUT2D eigenvalue weighted by Gasteiger charge is 2.44. The van der Waals surface area contributed by atoms with Crippen molar-refractivity contribution in [3.63, 3.8) is 0 Å². The van der Waals surface area contributed by atoms with E-state index in [0.717, 1.165) is 4.90 Å². The number of rotatable bonds is 5. The predicted octanol–water partition coefficient (Wildman–Crippen LogP) is 3.39. The van der Waals surface area contributed by atoms with Gasteiger partial charge in [-0.25, -0.2) is 9.29 Å². The fraction of sp³-hybridized carbons (Fsp3) is 0.136. The van der Waals surface area contributed by atoms with Crippen molar-refractivity contribution in [2.24, 2.45) is 0 Å². The first-order valence-corrected chi connectivity index (χ1v) is 9.05. The largest absolute Gasteiger partial charge is 0.467 e. The van der Waals surface area contributed by atoms with E-state index in [0.29, 0.717) is 11.4 Å². The van der Waals surface area contributed by atoms with Crippen LogP contribution in [0.25, 0.3) is 0 Å². The molecule has 146 valence electrons. The Morgan fingerprint density at radius 3 is 2.41 bits per heavy atom. The van der Waals surface area contributed by atoms with Gasteiger partial charge in [0, 0.05) is 5.56 Å². The lowest BCUT2D eigenvalue weighted by molar-refractivity contribution is -0.122. The average molecular weight is 392 g/mol. The number of furan rings is 1. The Balaban J connectivity index is 1.67. The van der Waals surface area contributed by atoms with Crippen molar-refractivity contribution in [3.05, 3.63) is 90.1 Å². The van der Waals surface area contributed by atoms with Gasteiger partial charge in [-0.2, -0.15) is 0 Å². The van der Waals surface area contributed by atoms with Crippen molar-refractivity contribution in [1.29, 1.82) is 0 Å². The van der Waals surface area contributed by atoms with Gasteiger partial charge in [0.1, 0.15) is 17.6 Å². The Morgan fingerprint density at radius 1 is 1.03 bits per heavy atom. The van der Waals surface area contributed by atoms with Gasteiger partial charge in [-0.15, -0.1) is 0 Å². The van der Waals surface area contributed by atoms with Crippen LogP contribution in [0.1, 0.15) is 22.5 Å². The molecule has 1 aliphatic heterocycles. The molecule has 0 saturated carbocycles. The van der Waals surface area contributed by atoms with Crippen LogP contribution in [0.15, 0.2) is 77.4 Å². The second kappa shape index (κ2) is 7.71. The fourth-order valence-electron chi connectivity index (χ4n) is 3.36. The molecule has 1 aliphatic rings. The second-order valence-corrected chi connectivity index (χ2v) is 6.64. The second-order valence-electron chi connectivity index (χ2n) is 6.64. The smallest absolute Gasteiger partial charge is 0.257 e. The minimum atomic E-state index is -0.981. The lowest BCUT2D eigenvalue weighted by Crippen LogP contribution is -2.45. The Hall–Kier alpha value is -3.74. The number of hydrogen-bond donors (Lipinski definition) is 0. The van der Waals surface area contributed by atoms with Crippen molar-refractivity contribution in [2.45, 2.75) is 19.0 Å². The maximum Gasteiger partial charge on any atom is 0.257 e. The number of halogens is 1. The van der Waals surface area contributed by atoms with Gasteiger partial charge in [0.15, 0.2) is 0 Å². The SMILES string of the molecule is O=C1CC(N(Cc2ccco2)C(=O)c2ccc(F)cc2)C(=O)N1c1ccccc1. The summed E-state index contributed by atoms with van der Waals surface area (Å²) in [4.78, 5) is 41.2. The summed E-state index contributed by atoms with van der Waals surface area (Å²) in [6.45, 7) is 0.00945.